The van der Waals surface area contributed by atoms with Crippen molar-refractivity contribution in [1.29, 1.82) is 0 Å². The molecule has 127 valence electrons. The molecule has 19 heavy (non-hydrogen) atoms. The van der Waals surface area contributed by atoms with E-state index in [0.717, 1.165) is 20.8 Å². The minimum Gasteiger partial charge on any atom is -0.550 e. The van der Waals surface area contributed by atoms with Gasteiger partial charge in [-0.1, -0.05) is 0 Å². The Balaban J connectivity index is -0.00000000675. The molecule has 0 heterocycles. The van der Waals surface area contributed by atoms with Crippen molar-refractivity contribution < 1.29 is 101 Å². The van der Waals surface area contributed by atoms with Gasteiger partial charge in [-0.15, -0.1) is 0 Å². The molecular weight excluding hydrogens is 427 g/mol. The van der Waals surface area contributed by atoms with Crippen molar-refractivity contribution in [1.82, 2.24) is 0 Å². The molecule has 0 aromatic carbocycles. The number of hydrogen-bond acceptors (Lipinski definition) is 6. The molecule has 12 nitrogen and oxygen atoms in total. The van der Waals surface area contributed by atoms with E-state index in [9.17, 15) is 0 Å². The summed E-state index contributed by atoms with van der Waals surface area (Å²) in [4.78, 5) is 26.7. The van der Waals surface area contributed by atoms with Gasteiger partial charge >= 0.3 is 38.2 Å². The molecule has 0 fully saturated rings. The van der Waals surface area contributed by atoms with Crippen LogP contribution in [-0.2, 0) is 14.4 Å². The Bertz CT molecular complexity index is 120. The van der Waals surface area contributed by atoms with Gasteiger partial charge in [0.05, 0.1) is 0 Å². The van der Waals surface area contributed by atoms with E-state index >= 15 is 0 Å². The number of hydrogen-bond donors (Lipinski definition) is 0. The minimum atomic E-state index is -1.08. The summed E-state index contributed by atoms with van der Waals surface area (Å²) < 4.78 is 0. The van der Waals surface area contributed by atoms with Gasteiger partial charge in [0, 0.05) is 17.9 Å². The molecule has 0 aromatic heterocycles. The van der Waals surface area contributed by atoms with Crippen LogP contribution in [0.25, 0.3) is 0 Å². The van der Waals surface area contributed by atoms with Gasteiger partial charge in [0.15, 0.2) is 0 Å². The van der Waals surface area contributed by atoms with Crippen molar-refractivity contribution >= 4 is 17.9 Å². The first kappa shape index (κ1) is 78.7. The van der Waals surface area contributed by atoms with Gasteiger partial charge in [-0.05, 0) is 20.8 Å². The average molecular weight is 448 g/mol. The third-order valence-corrected chi connectivity index (χ3v) is 0. The van der Waals surface area contributed by atoms with Gasteiger partial charge in [-0.2, -0.15) is 0 Å². The Morgan fingerprint density at radius 1 is 0.526 bits per heavy atom. The van der Waals surface area contributed by atoms with E-state index in [1.807, 2.05) is 0 Å². The first-order valence-corrected chi connectivity index (χ1v) is 2.72. The summed E-state index contributed by atoms with van der Waals surface area (Å²) in [6.45, 7) is 2.92. The Labute approximate surface area is 139 Å². The van der Waals surface area contributed by atoms with Crippen molar-refractivity contribution in [3.8, 4) is 0 Å². The first-order valence-electron chi connectivity index (χ1n) is 2.72. The molecule has 0 rings (SSSR count). The second kappa shape index (κ2) is 66.2. The second-order valence-corrected chi connectivity index (χ2v) is 1.47. The van der Waals surface area contributed by atoms with Crippen LogP contribution in [0.4, 0.5) is 0 Å². The fourth-order valence-corrected chi connectivity index (χ4v) is 0. The number of carbonyl (C=O) groups excluding carboxylic acids is 3. The average Bonchev–Trinajstić information content (AvgIpc) is 1.54. The van der Waals surface area contributed by atoms with E-state index in [4.69, 9.17) is 29.7 Å². The number of carbonyl (C=O) groups is 3. The van der Waals surface area contributed by atoms with Gasteiger partial charge in [0.2, 0.25) is 0 Å². The Kier molecular flexibility index (Phi) is 274. The molecule has 0 saturated carbocycles. The van der Waals surface area contributed by atoms with Gasteiger partial charge in [-0.3, -0.25) is 0 Å². The van der Waals surface area contributed by atoms with E-state index in [0.29, 0.717) is 0 Å². The standard InChI is InChI=1S/3C2H4O2.Dy.6H2O/c3*1-2(3)4;;;;;;;/h3*1H3,(H,3,4);;6*1H2/q;;;+3;;;;;;/p-3. The molecule has 0 saturated heterocycles. The van der Waals surface area contributed by atoms with E-state index < -0.39 is 17.9 Å². The Hall–Kier alpha value is -0.557. The summed E-state index contributed by atoms with van der Waals surface area (Å²) in [5.41, 5.74) is 0. The summed E-state index contributed by atoms with van der Waals surface area (Å²) >= 11 is 0. The number of carboxylic acid groups (broad SMARTS) is 3. The van der Waals surface area contributed by atoms with Gasteiger partial charge in [0.1, 0.15) is 0 Å². The molecule has 0 spiro atoms. The minimum absolute atomic E-state index is 0. The van der Waals surface area contributed by atoms with Crippen molar-refractivity contribution in [2.75, 3.05) is 0 Å². The van der Waals surface area contributed by atoms with E-state index in [1.165, 1.54) is 0 Å². The zero-order chi connectivity index (χ0) is 10.7. The Morgan fingerprint density at radius 3 is 0.526 bits per heavy atom. The van der Waals surface area contributed by atoms with Crippen molar-refractivity contribution in [3.05, 3.63) is 0 Å². The predicted molar refractivity (Wildman–Crippen MR) is 53.7 cm³/mol. The predicted octanol–water partition coefficient (Wildman–Crippen LogP) is -8.68. The first-order chi connectivity index (χ1) is 5.20. The molecule has 0 aliphatic rings. The normalized spacial score (nSPS) is 3.95. The van der Waals surface area contributed by atoms with E-state index in [1.54, 1.807) is 0 Å². The molecule has 1 radical (unpaired) electrons. The van der Waals surface area contributed by atoms with E-state index in [-0.39, 0.29) is 71.0 Å². The molecule has 0 unspecified atom stereocenters. The molecular formula is C6H21DyO12. The summed E-state index contributed by atoms with van der Waals surface area (Å²) in [7, 11) is 0. The van der Waals surface area contributed by atoms with Crippen LogP contribution in [0.1, 0.15) is 20.8 Å². The molecule has 13 heteroatoms. The molecule has 0 aliphatic carbocycles. The largest absolute Gasteiger partial charge is 3.00 e. The van der Waals surface area contributed by atoms with Crippen LogP contribution < -0.4 is 15.3 Å². The fourth-order valence-electron chi connectivity index (χ4n) is 0. The maximum absolute atomic E-state index is 8.89. The third-order valence-electron chi connectivity index (χ3n) is 0. The van der Waals surface area contributed by atoms with Crippen LogP contribution in [-0.4, -0.2) is 50.8 Å². The maximum atomic E-state index is 8.89. The smallest absolute Gasteiger partial charge is 0.550 e. The zero-order valence-corrected chi connectivity index (χ0v) is 12.3. The third kappa shape index (κ3) is 13400. The van der Waals surface area contributed by atoms with E-state index in [2.05, 4.69) is 0 Å². The van der Waals surface area contributed by atoms with Crippen LogP contribution >= 0.6 is 0 Å². The number of carboxylic acids is 3. The molecule has 0 atom stereocenters. The quantitative estimate of drug-likeness (QED) is 0.346. The molecule has 0 bridgehead atoms. The van der Waals surface area contributed by atoms with Crippen LogP contribution in [0.2, 0.25) is 0 Å². The topological polar surface area (TPSA) is 309 Å². The number of rotatable bonds is 0. The van der Waals surface area contributed by atoms with Crippen LogP contribution in [0.5, 0.6) is 0 Å². The van der Waals surface area contributed by atoms with Gasteiger partial charge in [-0.25, -0.2) is 0 Å². The number of aliphatic carboxylic acids is 3. The molecule has 0 aliphatic heterocycles. The monoisotopic (exact) mass is 449 g/mol. The summed E-state index contributed by atoms with van der Waals surface area (Å²) in [6, 6.07) is 0. The van der Waals surface area contributed by atoms with Crippen LogP contribution in [0.15, 0.2) is 0 Å². The second-order valence-electron chi connectivity index (χ2n) is 1.47. The van der Waals surface area contributed by atoms with Crippen molar-refractivity contribution in [2.45, 2.75) is 20.8 Å². The van der Waals surface area contributed by atoms with Crippen molar-refractivity contribution in [3.63, 3.8) is 0 Å². The SMILES string of the molecule is CC(=O)[O-].CC(=O)[O-].CC(=O)[O-].O.O.O.O.O.O.[Dy+3]. The Morgan fingerprint density at radius 2 is 0.526 bits per heavy atom. The summed E-state index contributed by atoms with van der Waals surface area (Å²) in [5, 5.41) is 26.7. The summed E-state index contributed by atoms with van der Waals surface area (Å²) in [5.74, 6) is -3.25. The van der Waals surface area contributed by atoms with Gasteiger partial charge in [0.25, 0.3) is 0 Å². The zero-order valence-electron chi connectivity index (χ0n) is 10.3. The maximum Gasteiger partial charge on any atom is 3.00 e. The van der Waals surface area contributed by atoms with Crippen LogP contribution in [0.3, 0.4) is 0 Å². The summed E-state index contributed by atoms with van der Waals surface area (Å²) in [6.07, 6.45) is 0. The van der Waals surface area contributed by atoms with Gasteiger partial charge < -0.3 is 62.6 Å². The fraction of sp³-hybridized carbons (Fsp3) is 0.500. The van der Waals surface area contributed by atoms with Crippen LogP contribution in [0, 0.1) is 38.2 Å². The molecule has 0 aromatic rings. The molecule has 0 amide bonds. The molecule has 12 N–H and O–H groups in total. The van der Waals surface area contributed by atoms with Crippen molar-refractivity contribution in [2.24, 2.45) is 0 Å².